The fourth-order valence-corrected chi connectivity index (χ4v) is 1.84. The van der Waals surface area contributed by atoms with Gasteiger partial charge in [0.1, 0.15) is 0 Å². The summed E-state index contributed by atoms with van der Waals surface area (Å²) in [5.41, 5.74) is 3.86. The van der Waals surface area contributed by atoms with E-state index in [9.17, 15) is 0 Å². The molecule has 0 aliphatic carbocycles. The molecular weight excluding hydrogens is 186 g/mol. The average Bonchev–Trinajstić information content (AvgIpc) is 2.16. The van der Waals surface area contributed by atoms with Gasteiger partial charge in [-0.1, -0.05) is 29.3 Å². The molecule has 2 heteroatoms. The third-order valence-electron chi connectivity index (χ3n) is 2.55. The van der Waals surface area contributed by atoms with Crippen LogP contribution in [0.4, 0.5) is 0 Å². The van der Waals surface area contributed by atoms with E-state index in [1.54, 1.807) is 0 Å². The quantitative estimate of drug-likeness (QED) is 0.794. The molecule has 0 aromatic heterocycles. The summed E-state index contributed by atoms with van der Waals surface area (Å²) in [5.74, 6) is 0. The number of rotatable bonds is 4. The highest BCUT2D eigenvalue weighted by molar-refractivity contribution is 5.30. The number of benzene rings is 1. The van der Waals surface area contributed by atoms with Crippen molar-refractivity contribution < 1.29 is 5.11 Å². The van der Waals surface area contributed by atoms with Gasteiger partial charge >= 0.3 is 0 Å². The molecule has 1 unspecified atom stereocenters. The lowest BCUT2D eigenvalue weighted by Crippen LogP contribution is -2.31. The van der Waals surface area contributed by atoms with Crippen LogP contribution in [0.2, 0.25) is 0 Å². The van der Waals surface area contributed by atoms with Crippen molar-refractivity contribution in [3.8, 4) is 0 Å². The number of aliphatic hydroxyl groups excluding tert-OH is 1. The topological polar surface area (TPSA) is 32.3 Å². The van der Waals surface area contributed by atoms with Gasteiger partial charge in [0.05, 0.1) is 6.61 Å². The van der Waals surface area contributed by atoms with Gasteiger partial charge in [0, 0.05) is 12.1 Å². The third kappa shape index (κ3) is 3.65. The van der Waals surface area contributed by atoms with E-state index in [0.29, 0.717) is 0 Å². The zero-order valence-electron chi connectivity index (χ0n) is 10.0. The van der Waals surface area contributed by atoms with E-state index in [-0.39, 0.29) is 18.7 Å². The molecule has 0 bridgehead atoms. The van der Waals surface area contributed by atoms with Gasteiger partial charge in [-0.05, 0) is 33.3 Å². The molecule has 0 amide bonds. The van der Waals surface area contributed by atoms with Crippen LogP contribution in [0.1, 0.15) is 36.6 Å². The normalized spacial score (nSPS) is 15.0. The van der Waals surface area contributed by atoms with Crippen molar-refractivity contribution in [3.05, 3.63) is 34.9 Å². The zero-order chi connectivity index (χ0) is 11.4. The van der Waals surface area contributed by atoms with Crippen LogP contribution < -0.4 is 5.32 Å². The molecule has 1 aromatic rings. The summed E-state index contributed by atoms with van der Waals surface area (Å²) < 4.78 is 0. The van der Waals surface area contributed by atoms with E-state index in [4.69, 9.17) is 5.11 Å². The highest BCUT2D eigenvalue weighted by atomic mass is 16.3. The van der Waals surface area contributed by atoms with Crippen molar-refractivity contribution >= 4 is 0 Å². The predicted octanol–water partition coefficient (Wildman–Crippen LogP) is 2.33. The van der Waals surface area contributed by atoms with E-state index in [2.05, 4.69) is 44.3 Å². The summed E-state index contributed by atoms with van der Waals surface area (Å²) >= 11 is 0. The Hall–Kier alpha value is -0.860. The van der Waals surface area contributed by atoms with Crippen LogP contribution in [0, 0.1) is 13.8 Å². The summed E-state index contributed by atoms with van der Waals surface area (Å²) in [5, 5.41) is 12.3. The summed E-state index contributed by atoms with van der Waals surface area (Å²) in [4.78, 5) is 0. The van der Waals surface area contributed by atoms with Crippen molar-refractivity contribution in [1.29, 1.82) is 0 Å². The Bertz CT molecular complexity index is 302. The number of aliphatic hydroxyl groups is 1. The highest BCUT2D eigenvalue weighted by Gasteiger charge is 2.08. The summed E-state index contributed by atoms with van der Waals surface area (Å²) in [7, 11) is 0. The Labute approximate surface area is 92.3 Å². The molecule has 2 atom stereocenters. The molecule has 0 aliphatic rings. The first kappa shape index (κ1) is 12.2. The van der Waals surface area contributed by atoms with Crippen molar-refractivity contribution in [2.75, 3.05) is 6.61 Å². The van der Waals surface area contributed by atoms with E-state index < -0.39 is 0 Å². The summed E-state index contributed by atoms with van der Waals surface area (Å²) in [6, 6.07) is 6.97. The monoisotopic (exact) mass is 207 g/mol. The molecule has 1 rings (SSSR count). The molecule has 15 heavy (non-hydrogen) atoms. The molecule has 84 valence electrons. The minimum Gasteiger partial charge on any atom is -0.395 e. The fourth-order valence-electron chi connectivity index (χ4n) is 1.84. The van der Waals surface area contributed by atoms with Gasteiger partial charge in [-0.2, -0.15) is 0 Å². The largest absolute Gasteiger partial charge is 0.395 e. The molecule has 0 radical (unpaired) electrons. The van der Waals surface area contributed by atoms with Gasteiger partial charge in [-0.25, -0.2) is 0 Å². The SMILES string of the molecule is Cc1cc(C)cc(C(C)N[C@H](C)CO)c1. The Balaban J connectivity index is 2.77. The van der Waals surface area contributed by atoms with Crippen molar-refractivity contribution in [2.24, 2.45) is 0 Å². The van der Waals surface area contributed by atoms with Gasteiger partial charge < -0.3 is 10.4 Å². The van der Waals surface area contributed by atoms with E-state index >= 15 is 0 Å². The molecule has 0 saturated carbocycles. The Kier molecular flexibility index (Phi) is 4.30. The average molecular weight is 207 g/mol. The molecular formula is C13H21NO. The fraction of sp³-hybridized carbons (Fsp3) is 0.538. The van der Waals surface area contributed by atoms with Crippen LogP contribution >= 0.6 is 0 Å². The Morgan fingerprint density at radius 3 is 2.13 bits per heavy atom. The molecule has 2 N–H and O–H groups in total. The molecule has 0 saturated heterocycles. The maximum Gasteiger partial charge on any atom is 0.0582 e. The van der Waals surface area contributed by atoms with Crippen LogP contribution in [-0.2, 0) is 0 Å². The molecule has 2 nitrogen and oxygen atoms in total. The summed E-state index contributed by atoms with van der Waals surface area (Å²) in [6.07, 6.45) is 0. The predicted molar refractivity (Wildman–Crippen MR) is 64.0 cm³/mol. The number of hydrogen-bond acceptors (Lipinski definition) is 2. The molecule has 0 heterocycles. The van der Waals surface area contributed by atoms with E-state index in [1.165, 1.54) is 16.7 Å². The zero-order valence-corrected chi connectivity index (χ0v) is 10.0. The minimum absolute atomic E-state index is 0.140. The van der Waals surface area contributed by atoms with E-state index in [0.717, 1.165) is 0 Å². The van der Waals surface area contributed by atoms with Crippen LogP contribution in [0.25, 0.3) is 0 Å². The first-order valence-electron chi connectivity index (χ1n) is 5.48. The van der Waals surface area contributed by atoms with Gasteiger partial charge in [0.2, 0.25) is 0 Å². The lowest BCUT2D eigenvalue weighted by molar-refractivity contribution is 0.243. The van der Waals surface area contributed by atoms with Crippen LogP contribution in [0.15, 0.2) is 18.2 Å². The molecule has 0 aliphatic heterocycles. The van der Waals surface area contributed by atoms with Crippen LogP contribution in [-0.4, -0.2) is 17.8 Å². The van der Waals surface area contributed by atoms with Crippen molar-refractivity contribution in [1.82, 2.24) is 5.32 Å². The standard InChI is InChI=1S/C13H21NO/c1-9-5-10(2)7-13(6-9)12(4)14-11(3)8-15/h5-7,11-12,14-15H,8H2,1-4H3/t11-,12?/m1/s1. The third-order valence-corrected chi connectivity index (χ3v) is 2.55. The Morgan fingerprint density at radius 2 is 1.67 bits per heavy atom. The molecule has 1 aromatic carbocycles. The van der Waals surface area contributed by atoms with E-state index in [1.807, 2.05) is 6.92 Å². The maximum absolute atomic E-state index is 8.98. The summed E-state index contributed by atoms with van der Waals surface area (Å²) in [6.45, 7) is 8.51. The lowest BCUT2D eigenvalue weighted by atomic mass is 10.0. The van der Waals surface area contributed by atoms with Crippen LogP contribution in [0.5, 0.6) is 0 Å². The second-order valence-electron chi connectivity index (χ2n) is 4.39. The van der Waals surface area contributed by atoms with Gasteiger partial charge in [-0.3, -0.25) is 0 Å². The number of aryl methyl sites for hydroxylation is 2. The Morgan fingerprint density at radius 1 is 1.13 bits per heavy atom. The lowest BCUT2D eigenvalue weighted by Gasteiger charge is -2.19. The minimum atomic E-state index is 0.140. The second-order valence-corrected chi connectivity index (χ2v) is 4.39. The first-order valence-corrected chi connectivity index (χ1v) is 5.48. The highest BCUT2D eigenvalue weighted by Crippen LogP contribution is 2.16. The van der Waals surface area contributed by atoms with Crippen LogP contribution in [0.3, 0.4) is 0 Å². The first-order chi connectivity index (χ1) is 7.02. The molecule has 0 fully saturated rings. The molecule has 0 spiro atoms. The smallest absolute Gasteiger partial charge is 0.0582 e. The maximum atomic E-state index is 8.98. The van der Waals surface area contributed by atoms with Gasteiger partial charge in [0.25, 0.3) is 0 Å². The van der Waals surface area contributed by atoms with Crippen molar-refractivity contribution in [3.63, 3.8) is 0 Å². The number of nitrogens with one attached hydrogen (secondary N) is 1. The van der Waals surface area contributed by atoms with Crippen molar-refractivity contribution in [2.45, 2.75) is 39.8 Å². The second kappa shape index (κ2) is 5.29. The van der Waals surface area contributed by atoms with Gasteiger partial charge in [-0.15, -0.1) is 0 Å². The number of hydrogen-bond donors (Lipinski definition) is 2. The van der Waals surface area contributed by atoms with Gasteiger partial charge in [0.15, 0.2) is 0 Å².